The molecule has 2 atom stereocenters. The maximum atomic E-state index is 13.6. The Morgan fingerprint density at radius 1 is 1.10 bits per heavy atom. The molecule has 0 saturated carbocycles. The summed E-state index contributed by atoms with van der Waals surface area (Å²) < 4.78 is 20.9. The zero-order valence-corrected chi connectivity index (χ0v) is 17.8. The topological polar surface area (TPSA) is 64.4 Å². The lowest BCUT2D eigenvalue weighted by Gasteiger charge is -2.38. The van der Waals surface area contributed by atoms with E-state index in [0.29, 0.717) is 18.1 Å². The molecule has 0 radical (unpaired) electrons. The summed E-state index contributed by atoms with van der Waals surface area (Å²) in [6, 6.07) is 12.8. The highest BCUT2D eigenvalue weighted by Crippen LogP contribution is 2.41. The van der Waals surface area contributed by atoms with Gasteiger partial charge in [0.2, 0.25) is 11.9 Å². The molecule has 0 spiro atoms. The van der Waals surface area contributed by atoms with Gasteiger partial charge < -0.3 is 9.30 Å². The van der Waals surface area contributed by atoms with E-state index in [1.54, 1.807) is 24.0 Å². The number of esters is 1. The van der Waals surface area contributed by atoms with Crippen molar-refractivity contribution in [3.05, 3.63) is 59.9 Å². The second-order valence-electron chi connectivity index (χ2n) is 7.69. The van der Waals surface area contributed by atoms with Gasteiger partial charge in [-0.25, -0.2) is 9.37 Å². The summed E-state index contributed by atoms with van der Waals surface area (Å²) in [7, 11) is 0. The molecule has 4 rings (SSSR count). The van der Waals surface area contributed by atoms with E-state index >= 15 is 0 Å². The third kappa shape index (κ3) is 3.80. The van der Waals surface area contributed by atoms with E-state index in [4.69, 9.17) is 9.72 Å². The first kappa shape index (κ1) is 21.0. The second kappa shape index (κ2) is 8.88. The number of carbonyl (C=O) groups excluding carboxylic acids is 2. The van der Waals surface area contributed by atoms with Gasteiger partial charge in [-0.2, -0.15) is 0 Å². The Bertz CT molecular complexity index is 1090. The van der Waals surface area contributed by atoms with Crippen LogP contribution >= 0.6 is 0 Å². The number of carbonyl (C=O) groups is 2. The van der Waals surface area contributed by atoms with Gasteiger partial charge in [0.15, 0.2) is 5.92 Å². The van der Waals surface area contributed by atoms with Gasteiger partial charge in [-0.05, 0) is 43.2 Å². The van der Waals surface area contributed by atoms with Crippen molar-refractivity contribution < 1.29 is 18.7 Å². The van der Waals surface area contributed by atoms with Gasteiger partial charge in [-0.15, -0.1) is 0 Å². The van der Waals surface area contributed by atoms with Gasteiger partial charge >= 0.3 is 5.97 Å². The number of anilines is 1. The van der Waals surface area contributed by atoms with Crippen molar-refractivity contribution in [2.75, 3.05) is 18.1 Å². The van der Waals surface area contributed by atoms with Crippen LogP contribution in [0.4, 0.5) is 10.3 Å². The Balaban J connectivity index is 1.93. The van der Waals surface area contributed by atoms with Crippen molar-refractivity contribution in [2.45, 2.75) is 39.2 Å². The number of nitrogens with zero attached hydrogens (tertiary/aromatic N) is 3. The first-order chi connectivity index (χ1) is 15.1. The van der Waals surface area contributed by atoms with Gasteiger partial charge in [0, 0.05) is 6.54 Å². The molecule has 6 nitrogen and oxygen atoms in total. The Labute approximate surface area is 180 Å². The summed E-state index contributed by atoms with van der Waals surface area (Å²) in [5, 5.41) is 0. The lowest BCUT2D eigenvalue weighted by molar-refractivity contribution is -0.153. The lowest BCUT2D eigenvalue weighted by atomic mass is 9.89. The molecule has 1 aromatic heterocycles. The van der Waals surface area contributed by atoms with Crippen molar-refractivity contribution >= 4 is 28.9 Å². The van der Waals surface area contributed by atoms with E-state index in [9.17, 15) is 14.0 Å². The molecule has 7 heteroatoms. The number of imidazole rings is 1. The number of fused-ring (bicyclic) bond motifs is 3. The van der Waals surface area contributed by atoms with Crippen molar-refractivity contribution in [1.29, 1.82) is 0 Å². The molecule has 0 fully saturated rings. The van der Waals surface area contributed by atoms with Crippen LogP contribution in [0.1, 0.15) is 44.7 Å². The summed E-state index contributed by atoms with van der Waals surface area (Å²) in [4.78, 5) is 33.0. The molecule has 1 aliphatic rings. The van der Waals surface area contributed by atoms with Crippen LogP contribution in [0, 0.1) is 11.7 Å². The Hall–Kier alpha value is -3.22. The summed E-state index contributed by atoms with van der Waals surface area (Å²) in [6.07, 6.45) is 2.79. The highest BCUT2D eigenvalue weighted by Gasteiger charge is 2.47. The van der Waals surface area contributed by atoms with Gasteiger partial charge in [0.1, 0.15) is 5.82 Å². The van der Waals surface area contributed by atoms with E-state index in [1.807, 2.05) is 28.8 Å². The SMILES string of the molecule is CCCCCN1C(=O)[C@@H](C(=O)OCC)[C@H](c2ccc(F)cc2)n2c1nc1ccccc12. The summed E-state index contributed by atoms with van der Waals surface area (Å²) in [6.45, 7) is 4.46. The van der Waals surface area contributed by atoms with Crippen LogP contribution in [0.2, 0.25) is 0 Å². The third-order valence-corrected chi connectivity index (χ3v) is 5.68. The summed E-state index contributed by atoms with van der Waals surface area (Å²) in [5.41, 5.74) is 2.21. The van der Waals surface area contributed by atoms with Crippen molar-refractivity contribution in [1.82, 2.24) is 9.55 Å². The minimum atomic E-state index is -1.07. The number of hydrogen-bond acceptors (Lipinski definition) is 4. The van der Waals surface area contributed by atoms with Crippen LogP contribution in [0.3, 0.4) is 0 Å². The minimum Gasteiger partial charge on any atom is -0.465 e. The smallest absolute Gasteiger partial charge is 0.321 e. The van der Waals surface area contributed by atoms with E-state index in [0.717, 1.165) is 30.3 Å². The molecule has 0 N–H and O–H groups in total. The number of para-hydroxylation sites is 2. The molecule has 1 amide bonds. The fourth-order valence-electron chi connectivity index (χ4n) is 4.24. The molecule has 1 aliphatic heterocycles. The van der Waals surface area contributed by atoms with Crippen molar-refractivity contribution in [3.8, 4) is 0 Å². The van der Waals surface area contributed by atoms with Gasteiger partial charge in [0.05, 0.1) is 23.7 Å². The van der Waals surface area contributed by atoms with Crippen molar-refractivity contribution in [2.24, 2.45) is 5.92 Å². The van der Waals surface area contributed by atoms with E-state index < -0.39 is 17.9 Å². The van der Waals surface area contributed by atoms with Crippen LogP contribution in [0.15, 0.2) is 48.5 Å². The molecule has 3 aromatic rings. The highest BCUT2D eigenvalue weighted by atomic mass is 19.1. The van der Waals surface area contributed by atoms with Crippen LogP contribution in [-0.4, -0.2) is 34.6 Å². The first-order valence-corrected chi connectivity index (χ1v) is 10.8. The predicted octanol–water partition coefficient (Wildman–Crippen LogP) is 4.48. The molecular formula is C24H26FN3O3. The molecule has 0 bridgehead atoms. The number of hydrogen-bond donors (Lipinski definition) is 0. The number of unbranched alkanes of at least 4 members (excludes halogenated alkanes) is 2. The minimum absolute atomic E-state index is 0.173. The van der Waals surface area contributed by atoms with Crippen LogP contribution in [-0.2, 0) is 14.3 Å². The van der Waals surface area contributed by atoms with Crippen LogP contribution < -0.4 is 4.90 Å². The van der Waals surface area contributed by atoms with Crippen LogP contribution in [0.5, 0.6) is 0 Å². The average Bonchev–Trinajstić information content (AvgIpc) is 3.15. The third-order valence-electron chi connectivity index (χ3n) is 5.68. The largest absolute Gasteiger partial charge is 0.465 e. The fourth-order valence-corrected chi connectivity index (χ4v) is 4.24. The van der Waals surface area contributed by atoms with Crippen molar-refractivity contribution in [3.63, 3.8) is 0 Å². The highest BCUT2D eigenvalue weighted by molar-refractivity contribution is 6.08. The van der Waals surface area contributed by atoms with E-state index in [2.05, 4.69) is 6.92 Å². The number of aromatic nitrogens is 2. The van der Waals surface area contributed by atoms with E-state index in [1.165, 1.54) is 12.1 Å². The maximum absolute atomic E-state index is 13.6. The first-order valence-electron chi connectivity index (χ1n) is 10.8. The van der Waals surface area contributed by atoms with Crippen LogP contribution in [0.25, 0.3) is 11.0 Å². The molecular weight excluding hydrogens is 397 g/mol. The zero-order valence-electron chi connectivity index (χ0n) is 17.8. The molecule has 2 aromatic carbocycles. The average molecular weight is 423 g/mol. The summed E-state index contributed by atoms with van der Waals surface area (Å²) >= 11 is 0. The molecule has 162 valence electrons. The molecule has 2 heterocycles. The zero-order chi connectivity index (χ0) is 22.0. The predicted molar refractivity (Wildman–Crippen MR) is 116 cm³/mol. The molecule has 0 aliphatic carbocycles. The number of rotatable bonds is 7. The number of ether oxygens (including phenoxy) is 1. The Morgan fingerprint density at radius 2 is 1.84 bits per heavy atom. The van der Waals surface area contributed by atoms with Gasteiger partial charge in [-0.3, -0.25) is 14.5 Å². The Morgan fingerprint density at radius 3 is 2.55 bits per heavy atom. The molecule has 0 saturated heterocycles. The molecule has 31 heavy (non-hydrogen) atoms. The lowest BCUT2D eigenvalue weighted by Crippen LogP contribution is -2.50. The van der Waals surface area contributed by atoms with E-state index in [-0.39, 0.29) is 18.3 Å². The number of halogens is 1. The number of amides is 1. The fraction of sp³-hybridized carbons (Fsp3) is 0.375. The van der Waals surface area contributed by atoms with Gasteiger partial charge in [-0.1, -0.05) is 44.0 Å². The maximum Gasteiger partial charge on any atom is 0.321 e. The monoisotopic (exact) mass is 423 g/mol. The Kier molecular flexibility index (Phi) is 6.02. The summed E-state index contributed by atoms with van der Waals surface area (Å²) in [5.74, 6) is -1.85. The number of benzene rings is 2. The standard InChI is InChI=1S/C24H26FN3O3/c1-3-5-8-15-27-22(29)20(23(30)31-4-2)21(16-11-13-17(25)14-12-16)28-19-10-7-6-9-18(19)26-24(27)28/h6-7,9-14,20-21H,3-5,8,15H2,1-2H3/t20-,21-/m0/s1. The second-order valence-corrected chi connectivity index (χ2v) is 7.69. The quantitative estimate of drug-likeness (QED) is 0.319. The van der Waals surface area contributed by atoms with Gasteiger partial charge in [0.25, 0.3) is 0 Å². The normalized spacial score (nSPS) is 18.3. The molecule has 0 unspecified atom stereocenters.